The minimum Gasteiger partial charge on any atom is -0.493 e. The molecular formula is C14H17F3N2O2. The van der Waals surface area contributed by atoms with Gasteiger partial charge in [-0.25, -0.2) is 0 Å². The minimum atomic E-state index is -4.47. The van der Waals surface area contributed by atoms with E-state index in [1.165, 1.54) is 18.2 Å². The Kier molecular flexibility index (Phi) is 4.72. The largest absolute Gasteiger partial charge is 0.493 e. The summed E-state index contributed by atoms with van der Waals surface area (Å²) in [6.45, 7) is -0.0135. The summed E-state index contributed by atoms with van der Waals surface area (Å²) in [5, 5.41) is 3.04. The molecule has 1 atom stereocenters. The standard InChI is InChI=1S/C14H17F3N2O2/c15-14(16,17)10-3-1-2-4-12(10)21-8-7-11(13(18)20)19-9-5-6-9/h1-4,9,11,19H,5-8H2,(H2,18,20). The molecule has 1 aromatic carbocycles. The van der Waals surface area contributed by atoms with Crippen LogP contribution in [0.15, 0.2) is 24.3 Å². The maximum atomic E-state index is 12.8. The summed E-state index contributed by atoms with van der Waals surface area (Å²) in [7, 11) is 0. The van der Waals surface area contributed by atoms with Crippen molar-refractivity contribution in [3.8, 4) is 5.75 Å². The summed E-state index contributed by atoms with van der Waals surface area (Å²) in [6, 6.07) is 4.70. The van der Waals surface area contributed by atoms with E-state index in [0.29, 0.717) is 0 Å². The van der Waals surface area contributed by atoms with Crippen LogP contribution in [0.1, 0.15) is 24.8 Å². The Bertz CT molecular complexity index is 501. The van der Waals surface area contributed by atoms with Crippen molar-refractivity contribution >= 4 is 5.91 Å². The topological polar surface area (TPSA) is 64.4 Å². The van der Waals surface area contributed by atoms with E-state index in [0.717, 1.165) is 18.9 Å². The van der Waals surface area contributed by atoms with Crippen LogP contribution < -0.4 is 15.8 Å². The molecule has 1 aliphatic rings. The highest BCUT2D eigenvalue weighted by Crippen LogP contribution is 2.35. The maximum absolute atomic E-state index is 12.8. The summed E-state index contributed by atoms with van der Waals surface area (Å²) >= 11 is 0. The molecular weight excluding hydrogens is 285 g/mol. The second-order valence-electron chi connectivity index (χ2n) is 5.03. The van der Waals surface area contributed by atoms with Crippen molar-refractivity contribution in [2.45, 2.75) is 37.5 Å². The molecule has 21 heavy (non-hydrogen) atoms. The number of amides is 1. The number of hydrogen-bond acceptors (Lipinski definition) is 3. The number of nitrogens with one attached hydrogen (secondary N) is 1. The number of para-hydroxylation sites is 1. The van der Waals surface area contributed by atoms with Gasteiger partial charge >= 0.3 is 6.18 Å². The zero-order valence-electron chi connectivity index (χ0n) is 11.3. The Morgan fingerprint density at radius 3 is 2.62 bits per heavy atom. The van der Waals surface area contributed by atoms with Crippen LogP contribution in [0.3, 0.4) is 0 Å². The van der Waals surface area contributed by atoms with Crippen molar-refractivity contribution in [2.75, 3.05) is 6.61 Å². The third-order valence-electron chi connectivity index (χ3n) is 3.21. The second-order valence-corrected chi connectivity index (χ2v) is 5.03. The SMILES string of the molecule is NC(=O)C(CCOc1ccccc1C(F)(F)F)NC1CC1. The molecule has 1 aromatic rings. The molecule has 1 saturated carbocycles. The van der Waals surface area contributed by atoms with Crippen LogP contribution >= 0.6 is 0 Å². The van der Waals surface area contributed by atoms with Gasteiger partial charge in [-0.05, 0) is 25.0 Å². The molecule has 3 N–H and O–H groups in total. The van der Waals surface area contributed by atoms with Gasteiger partial charge in [-0.3, -0.25) is 4.79 Å². The van der Waals surface area contributed by atoms with Crippen molar-refractivity contribution in [2.24, 2.45) is 5.73 Å². The van der Waals surface area contributed by atoms with E-state index in [4.69, 9.17) is 10.5 Å². The molecule has 1 amide bonds. The predicted octanol–water partition coefficient (Wildman–Crippen LogP) is 2.08. The van der Waals surface area contributed by atoms with E-state index in [-0.39, 0.29) is 24.8 Å². The number of halogens is 3. The van der Waals surface area contributed by atoms with Gasteiger partial charge in [0, 0.05) is 12.5 Å². The van der Waals surface area contributed by atoms with E-state index in [9.17, 15) is 18.0 Å². The Morgan fingerprint density at radius 2 is 2.05 bits per heavy atom. The summed E-state index contributed by atoms with van der Waals surface area (Å²) in [6.07, 6.45) is -2.26. The lowest BCUT2D eigenvalue weighted by Gasteiger charge is -2.17. The number of nitrogens with two attached hydrogens (primary N) is 1. The number of hydrogen-bond donors (Lipinski definition) is 2. The van der Waals surface area contributed by atoms with Crippen LogP contribution in [-0.2, 0) is 11.0 Å². The van der Waals surface area contributed by atoms with Crippen molar-refractivity contribution < 1.29 is 22.7 Å². The average Bonchev–Trinajstić information content (AvgIpc) is 3.20. The van der Waals surface area contributed by atoms with Crippen molar-refractivity contribution in [3.63, 3.8) is 0 Å². The van der Waals surface area contributed by atoms with Crippen molar-refractivity contribution in [1.82, 2.24) is 5.32 Å². The molecule has 0 spiro atoms. The lowest BCUT2D eigenvalue weighted by Crippen LogP contribution is -2.43. The van der Waals surface area contributed by atoms with Crippen LogP contribution in [0.4, 0.5) is 13.2 Å². The van der Waals surface area contributed by atoms with E-state index in [1.54, 1.807) is 0 Å². The summed E-state index contributed by atoms with van der Waals surface area (Å²) in [5.74, 6) is -0.755. The molecule has 0 bridgehead atoms. The van der Waals surface area contributed by atoms with Gasteiger partial charge in [0.15, 0.2) is 0 Å². The number of carbonyl (C=O) groups excluding carboxylic acids is 1. The fourth-order valence-corrected chi connectivity index (χ4v) is 1.96. The van der Waals surface area contributed by atoms with Crippen LogP contribution in [-0.4, -0.2) is 24.6 Å². The molecule has 0 saturated heterocycles. The average molecular weight is 302 g/mol. The Labute approximate surface area is 120 Å². The van der Waals surface area contributed by atoms with Gasteiger partial charge in [0.2, 0.25) is 5.91 Å². The van der Waals surface area contributed by atoms with Crippen molar-refractivity contribution in [1.29, 1.82) is 0 Å². The first kappa shape index (κ1) is 15.6. The molecule has 2 rings (SSSR count). The van der Waals surface area contributed by atoms with Crippen LogP contribution in [0, 0.1) is 0 Å². The highest BCUT2D eigenvalue weighted by molar-refractivity contribution is 5.79. The molecule has 1 unspecified atom stereocenters. The Balaban J connectivity index is 1.91. The highest BCUT2D eigenvalue weighted by Gasteiger charge is 2.34. The van der Waals surface area contributed by atoms with E-state index in [1.807, 2.05) is 0 Å². The molecule has 1 fully saturated rings. The van der Waals surface area contributed by atoms with Gasteiger partial charge in [0.1, 0.15) is 5.75 Å². The summed E-state index contributed by atoms with van der Waals surface area (Å²) in [5.41, 5.74) is 4.43. The lowest BCUT2D eigenvalue weighted by molar-refractivity contribution is -0.139. The highest BCUT2D eigenvalue weighted by atomic mass is 19.4. The van der Waals surface area contributed by atoms with Crippen LogP contribution in [0.2, 0.25) is 0 Å². The second kappa shape index (κ2) is 6.34. The predicted molar refractivity (Wildman–Crippen MR) is 70.7 cm³/mol. The number of carbonyl (C=O) groups is 1. The smallest absolute Gasteiger partial charge is 0.419 e. The number of rotatable bonds is 7. The first-order valence-corrected chi connectivity index (χ1v) is 6.72. The maximum Gasteiger partial charge on any atom is 0.419 e. The number of ether oxygens (including phenoxy) is 1. The lowest BCUT2D eigenvalue weighted by atomic mass is 10.2. The zero-order chi connectivity index (χ0) is 15.5. The quantitative estimate of drug-likeness (QED) is 0.810. The Hall–Kier alpha value is -1.76. The zero-order valence-corrected chi connectivity index (χ0v) is 11.3. The van der Waals surface area contributed by atoms with Gasteiger partial charge < -0.3 is 15.8 Å². The number of benzene rings is 1. The molecule has 0 aromatic heterocycles. The number of primary amides is 1. The van der Waals surface area contributed by atoms with Gasteiger partial charge in [-0.1, -0.05) is 12.1 Å². The van der Waals surface area contributed by atoms with E-state index < -0.39 is 23.7 Å². The molecule has 1 aliphatic carbocycles. The third kappa shape index (κ3) is 4.63. The van der Waals surface area contributed by atoms with Gasteiger partial charge in [-0.2, -0.15) is 13.2 Å². The molecule has 0 aliphatic heterocycles. The molecule has 0 radical (unpaired) electrons. The molecule has 116 valence electrons. The van der Waals surface area contributed by atoms with Gasteiger partial charge in [-0.15, -0.1) is 0 Å². The first-order valence-electron chi connectivity index (χ1n) is 6.72. The fraction of sp³-hybridized carbons (Fsp3) is 0.500. The third-order valence-corrected chi connectivity index (χ3v) is 3.21. The minimum absolute atomic E-state index is 0.0135. The summed E-state index contributed by atoms with van der Waals surface area (Å²) in [4.78, 5) is 11.3. The van der Waals surface area contributed by atoms with Crippen LogP contribution in [0.5, 0.6) is 5.75 Å². The molecule has 7 heteroatoms. The van der Waals surface area contributed by atoms with E-state index in [2.05, 4.69) is 5.32 Å². The van der Waals surface area contributed by atoms with E-state index >= 15 is 0 Å². The molecule has 4 nitrogen and oxygen atoms in total. The monoisotopic (exact) mass is 302 g/mol. The fourth-order valence-electron chi connectivity index (χ4n) is 1.96. The van der Waals surface area contributed by atoms with Gasteiger partial charge in [0.25, 0.3) is 0 Å². The molecule has 0 heterocycles. The first-order chi connectivity index (χ1) is 9.88. The van der Waals surface area contributed by atoms with Crippen molar-refractivity contribution in [3.05, 3.63) is 29.8 Å². The Morgan fingerprint density at radius 1 is 1.38 bits per heavy atom. The normalized spacial score (nSPS) is 16.5. The van der Waals surface area contributed by atoms with Gasteiger partial charge in [0.05, 0.1) is 18.2 Å². The van der Waals surface area contributed by atoms with Crippen LogP contribution in [0.25, 0.3) is 0 Å². The summed E-state index contributed by atoms with van der Waals surface area (Å²) < 4.78 is 43.5. The number of alkyl halides is 3.